The first kappa shape index (κ1) is 14.7. The van der Waals surface area contributed by atoms with Crippen molar-refractivity contribution in [3.63, 3.8) is 0 Å². The largest absolute Gasteiger partial charge is 0.411 e. The molecular formula is C17H19NO. The number of nitrogens with zero attached hydrogens (tertiary/aromatic N) is 1. The van der Waals surface area contributed by atoms with Gasteiger partial charge in [0.15, 0.2) is 0 Å². The molecule has 2 nitrogen and oxygen atoms in total. The third-order valence-corrected chi connectivity index (χ3v) is 2.61. The SMILES string of the molecule is C=CC(CC)=NO.c1ccc(-c2ccccc2)cc1. The van der Waals surface area contributed by atoms with Gasteiger partial charge in [0.05, 0.1) is 5.71 Å². The van der Waals surface area contributed by atoms with E-state index in [1.807, 2.05) is 19.1 Å². The fraction of sp³-hybridized carbons (Fsp3) is 0.118. The van der Waals surface area contributed by atoms with Crippen LogP contribution in [0, 0.1) is 0 Å². The van der Waals surface area contributed by atoms with Crippen molar-refractivity contribution in [3.05, 3.63) is 73.3 Å². The van der Waals surface area contributed by atoms with Gasteiger partial charge in [-0.15, -0.1) is 0 Å². The molecule has 0 spiro atoms. The zero-order valence-corrected chi connectivity index (χ0v) is 11.2. The number of benzene rings is 2. The predicted octanol–water partition coefficient (Wildman–Crippen LogP) is 4.77. The van der Waals surface area contributed by atoms with Crippen LogP contribution >= 0.6 is 0 Å². The van der Waals surface area contributed by atoms with Crippen LogP contribution in [0.5, 0.6) is 0 Å². The van der Waals surface area contributed by atoms with Crippen molar-refractivity contribution < 1.29 is 5.21 Å². The van der Waals surface area contributed by atoms with E-state index in [0.717, 1.165) is 6.42 Å². The predicted molar refractivity (Wildman–Crippen MR) is 81.6 cm³/mol. The highest BCUT2D eigenvalue weighted by molar-refractivity contribution is 5.93. The Morgan fingerprint density at radius 3 is 1.63 bits per heavy atom. The fourth-order valence-electron chi connectivity index (χ4n) is 1.52. The van der Waals surface area contributed by atoms with Crippen LogP contribution in [0.15, 0.2) is 78.5 Å². The number of hydrogen-bond donors (Lipinski definition) is 1. The Kier molecular flexibility index (Phi) is 6.73. The molecule has 0 amide bonds. The molecule has 0 saturated heterocycles. The van der Waals surface area contributed by atoms with Crippen LogP contribution in [-0.4, -0.2) is 10.9 Å². The van der Waals surface area contributed by atoms with Crippen molar-refractivity contribution in [2.24, 2.45) is 5.16 Å². The van der Waals surface area contributed by atoms with Crippen LogP contribution < -0.4 is 0 Å². The summed E-state index contributed by atoms with van der Waals surface area (Å²) in [5, 5.41) is 11.0. The second kappa shape index (κ2) is 8.70. The van der Waals surface area contributed by atoms with Crippen LogP contribution in [0.1, 0.15) is 13.3 Å². The molecule has 0 aliphatic carbocycles. The minimum absolute atomic E-state index is 0.625. The number of rotatable bonds is 3. The molecule has 0 radical (unpaired) electrons. The molecule has 0 unspecified atom stereocenters. The number of allylic oxidation sites excluding steroid dienone is 1. The van der Waals surface area contributed by atoms with Gasteiger partial charge in [-0.05, 0) is 23.6 Å². The molecule has 0 atom stereocenters. The lowest BCUT2D eigenvalue weighted by molar-refractivity contribution is 0.318. The third-order valence-electron chi connectivity index (χ3n) is 2.61. The summed E-state index contributed by atoms with van der Waals surface area (Å²) in [6.45, 7) is 5.31. The van der Waals surface area contributed by atoms with Crippen LogP contribution in [0.4, 0.5) is 0 Å². The molecule has 0 aromatic heterocycles. The highest BCUT2D eigenvalue weighted by Gasteiger charge is 1.91. The molecule has 0 heterocycles. The van der Waals surface area contributed by atoms with Crippen molar-refractivity contribution in [3.8, 4) is 11.1 Å². The van der Waals surface area contributed by atoms with Crippen molar-refractivity contribution in [1.29, 1.82) is 0 Å². The molecule has 2 rings (SSSR count). The van der Waals surface area contributed by atoms with Gasteiger partial charge >= 0.3 is 0 Å². The van der Waals surface area contributed by atoms with Crippen molar-refractivity contribution >= 4 is 5.71 Å². The molecule has 0 aliphatic heterocycles. The quantitative estimate of drug-likeness (QED) is 0.477. The molecule has 2 aromatic carbocycles. The minimum atomic E-state index is 0.625. The van der Waals surface area contributed by atoms with Gasteiger partial charge in [0.25, 0.3) is 0 Å². The molecule has 98 valence electrons. The lowest BCUT2D eigenvalue weighted by atomic mass is 10.1. The van der Waals surface area contributed by atoms with Crippen LogP contribution in [-0.2, 0) is 0 Å². The molecule has 0 saturated carbocycles. The first-order valence-corrected chi connectivity index (χ1v) is 6.25. The molecule has 0 aliphatic rings. The van der Waals surface area contributed by atoms with Gasteiger partial charge in [0.2, 0.25) is 0 Å². The smallest absolute Gasteiger partial charge is 0.0787 e. The maximum Gasteiger partial charge on any atom is 0.0787 e. The van der Waals surface area contributed by atoms with Gasteiger partial charge in [-0.25, -0.2) is 0 Å². The second-order valence-corrected chi connectivity index (χ2v) is 3.88. The first-order valence-electron chi connectivity index (χ1n) is 6.25. The van der Waals surface area contributed by atoms with E-state index in [9.17, 15) is 0 Å². The Hall–Kier alpha value is -2.35. The van der Waals surface area contributed by atoms with Gasteiger partial charge in [-0.1, -0.05) is 79.3 Å². The van der Waals surface area contributed by atoms with Gasteiger partial charge in [0.1, 0.15) is 0 Å². The molecule has 0 fully saturated rings. The average Bonchev–Trinajstić information content (AvgIpc) is 2.51. The maximum atomic E-state index is 8.04. The van der Waals surface area contributed by atoms with Crippen LogP contribution in [0.25, 0.3) is 11.1 Å². The molecule has 19 heavy (non-hydrogen) atoms. The summed E-state index contributed by atoms with van der Waals surface area (Å²) >= 11 is 0. The molecule has 0 bridgehead atoms. The Balaban J connectivity index is 0.000000224. The van der Waals surface area contributed by atoms with Gasteiger partial charge in [-0.3, -0.25) is 0 Å². The van der Waals surface area contributed by atoms with E-state index >= 15 is 0 Å². The lowest BCUT2D eigenvalue weighted by Gasteiger charge is -1.98. The van der Waals surface area contributed by atoms with E-state index in [0.29, 0.717) is 5.71 Å². The summed E-state index contributed by atoms with van der Waals surface area (Å²) in [5.74, 6) is 0. The van der Waals surface area contributed by atoms with Gasteiger partial charge < -0.3 is 5.21 Å². The summed E-state index contributed by atoms with van der Waals surface area (Å²) in [7, 11) is 0. The van der Waals surface area contributed by atoms with Crippen molar-refractivity contribution in [2.45, 2.75) is 13.3 Å². The van der Waals surface area contributed by atoms with E-state index in [2.05, 4.69) is 60.3 Å². The van der Waals surface area contributed by atoms with E-state index in [-0.39, 0.29) is 0 Å². The normalized spacial score (nSPS) is 10.3. The van der Waals surface area contributed by atoms with E-state index in [4.69, 9.17) is 5.21 Å². The molecule has 1 N–H and O–H groups in total. The topological polar surface area (TPSA) is 32.6 Å². The molecule has 2 aromatic rings. The Morgan fingerprint density at radius 2 is 1.42 bits per heavy atom. The zero-order valence-electron chi connectivity index (χ0n) is 11.2. The summed E-state index contributed by atoms with van der Waals surface area (Å²) in [6, 6.07) is 20.8. The monoisotopic (exact) mass is 253 g/mol. The summed E-state index contributed by atoms with van der Waals surface area (Å²) < 4.78 is 0. The van der Waals surface area contributed by atoms with Crippen molar-refractivity contribution in [1.82, 2.24) is 0 Å². The fourth-order valence-corrected chi connectivity index (χ4v) is 1.52. The minimum Gasteiger partial charge on any atom is -0.411 e. The van der Waals surface area contributed by atoms with E-state index in [1.165, 1.54) is 17.2 Å². The Bertz CT molecular complexity index is 466. The number of hydrogen-bond acceptors (Lipinski definition) is 2. The molecular weight excluding hydrogens is 234 g/mol. The highest BCUT2D eigenvalue weighted by atomic mass is 16.4. The van der Waals surface area contributed by atoms with Crippen molar-refractivity contribution in [2.75, 3.05) is 0 Å². The second-order valence-electron chi connectivity index (χ2n) is 3.88. The van der Waals surface area contributed by atoms with Gasteiger partial charge in [-0.2, -0.15) is 0 Å². The Morgan fingerprint density at radius 1 is 1.00 bits per heavy atom. The third kappa shape index (κ3) is 5.21. The number of oxime groups is 1. The van der Waals surface area contributed by atoms with E-state index in [1.54, 1.807) is 0 Å². The maximum absolute atomic E-state index is 8.04. The summed E-state index contributed by atoms with van der Waals surface area (Å²) in [5.41, 5.74) is 3.18. The van der Waals surface area contributed by atoms with Crippen LogP contribution in [0.3, 0.4) is 0 Å². The lowest BCUT2D eigenvalue weighted by Crippen LogP contribution is -1.86. The van der Waals surface area contributed by atoms with Crippen LogP contribution in [0.2, 0.25) is 0 Å². The van der Waals surface area contributed by atoms with E-state index < -0.39 is 0 Å². The average molecular weight is 253 g/mol. The highest BCUT2D eigenvalue weighted by Crippen LogP contribution is 2.17. The van der Waals surface area contributed by atoms with Gasteiger partial charge in [0, 0.05) is 0 Å². The summed E-state index contributed by atoms with van der Waals surface area (Å²) in [4.78, 5) is 0. The summed E-state index contributed by atoms with van der Waals surface area (Å²) in [6.07, 6.45) is 2.26. The first-order chi connectivity index (χ1) is 9.31. The standard InChI is InChI=1S/C12H10.C5H9NO/c1-3-7-11(8-4-1)12-9-5-2-6-10-12;1-3-5(4-2)6-7/h1-10H;3,7H,1,4H2,2H3. The zero-order chi connectivity index (χ0) is 13.9. The molecule has 2 heteroatoms. The Labute approximate surface area is 114 Å².